The SMILES string of the molecule is CCOc1cc(N2CCC(N3CCN(CC4CCN(c5cccc6c5oc(=O)n6C5CCC(=O)NC5=O)CC4)CC3)CC2)c(CC)cc1Nc1ncc(Br)c(Nc2ccc3nc(CC)ccc3c2P(C)(C)=O)n1. The van der Waals surface area contributed by atoms with Crippen LogP contribution in [0.15, 0.2) is 74.5 Å². The van der Waals surface area contributed by atoms with Gasteiger partial charge in [0.2, 0.25) is 17.8 Å². The van der Waals surface area contributed by atoms with Gasteiger partial charge in [-0.25, -0.2) is 9.78 Å². The molecule has 17 nitrogen and oxygen atoms in total. The molecule has 0 aliphatic carbocycles. The molecule has 3 aromatic heterocycles. The molecule has 1 unspecified atom stereocenters. The second-order valence-electron chi connectivity index (χ2n) is 20.3. The number of imide groups is 1. The van der Waals surface area contributed by atoms with Crippen LogP contribution >= 0.6 is 23.1 Å². The van der Waals surface area contributed by atoms with Crippen LogP contribution in [0.4, 0.5) is 34.5 Å². The summed E-state index contributed by atoms with van der Waals surface area (Å²) >= 11 is 3.65. The van der Waals surface area contributed by atoms with E-state index < -0.39 is 24.8 Å². The molecule has 4 aliphatic rings. The van der Waals surface area contributed by atoms with Crippen molar-refractivity contribution in [3.8, 4) is 5.75 Å². The van der Waals surface area contributed by atoms with Gasteiger partial charge < -0.3 is 39.1 Å². The third-order valence-corrected chi connectivity index (χ3v) is 17.4. The first kappa shape index (κ1) is 50.7. The number of amides is 2. The van der Waals surface area contributed by atoms with Crippen LogP contribution in [0.3, 0.4) is 0 Å². The molecular formula is C54H67BrN11O6P. The summed E-state index contributed by atoms with van der Waals surface area (Å²) in [4.78, 5) is 62.1. The second kappa shape index (κ2) is 21.6. The fraction of sp³-hybridized carbons (Fsp3) is 0.481. The van der Waals surface area contributed by atoms with Crippen molar-refractivity contribution in [2.24, 2.45) is 5.92 Å². The zero-order chi connectivity index (χ0) is 51.0. The minimum atomic E-state index is -2.74. The normalized spacial score (nSPS) is 19.0. The number of aromatic nitrogens is 4. The third-order valence-electron chi connectivity index (χ3n) is 15.2. The molecule has 386 valence electrons. The van der Waals surface area contributed by atoms with Gasteiger partial charge in [0, 0.05) is 106 Å². The van der Waals surface area contributed by atoms with Gasteiger partial charge in [0.25, 0.3) is 0 Å². The first-order valence-electron chi connectivity index (χ1n) is 26.1. The van der Waals surface area contributed by atoms with Crippen molar-refractivity contribution in [3.63, 3.8) is 0 Å². The number of hydrogen-bond acceptors (Lipinski definition) is 15. The van der Waals surface area contributed by atoms with Crippen LogP contribution < -0.4 is 41.5 Å². The fourth-order valence-corrected chi connectivity index (χ4v) is 13.2. The lowest BCUT2D eigenvalue weighted by Crippen LogP contribution is -2.54. The molecule has 6 aromatic rings. The van der Waals surface area contributed by atoms with Crippen LogP contribution in [0.2, 0.25) is 0 Å². The van der Waals surface area contributed by atoms with Crippen molar-refractivity contribution >= 4 is 96.7 Å². The third kappa shape index (κ3) is 10.8. The fourth-order valence-electron chi connectivity index (χ4n) is 11.5. The van der Waals surface area contributed by atoms with Gasteiger partial charge >= 0.3 is 5.76 Å². The number of nitrogens with zero attached hydrogens (tertiary/aromatic N) is 8. The molecule has 4 aliphatic heterocycles. The Kier molecular flexibility index (Phi) is 15.0. The van der Waals surface area contributed by atoms with Gasteiger partial charge in [-0.3, -0.25) is 29.4 Å². The summed E-state index contributed by atoms with van der Waals surface area (Å²) in [7, 11) is -2.74. The van der Waals surface area contributed by atoms with E-state index >= 15 is 0 Å². The number of ether oxygens (including phenoxy) is 1. The first-order chi connectivity index (χ1) is 35.3. The van der Waals surface area contributed by atoms with Gasteiger partial charge in [0.05, 0.1) is 39.2 Å². The number of piperazine rings is 1. The minimum Gasteiger partial charge on any atom is -0.492 e. The predicted octanol–water partition coefficient (Wildman–Crippen LogP) is 8.43. The van der Waals surface area contributed by atoms with Crippen LogP contribution in [-0.2, 0) is 27.0 Å². The van der Waals surface area contributed by atoms with E-state index in [-0.39, 0.29) is 18.7 Å². The Bertz CT molecular complexity index is 3130. The van der Waals surface area contributed by atoms with E-state index in [1.54, 1.807) is 19.5 Å². The van der Waals surface area contributed by atoms with Gasteiger partial charge in [0.15, 0.2) is 5.58 Å². The number of pyridine rings is 1. The maximum Gasteiger partial charge on any atom is 0.420 e. The Morgan fingerprint density at radius 1 is 0.822 bits per heavy atom. The molecule has 4 saturated heterocycles. The number of nitrogens with one attached hydrogen (secondary N) is 3. The summed E-state index contributed by atoms with van der Waals surface area (Å²) in [6, 6.07) is 17.8. The standard InChI is InChI=1S/C54H67BrN11O6P/c1-6-35-30-42(59-53-56-32-39(55)51(61-53)58-41-15-14-40-38(50(41)73(4,5)70)13-12-36(7-2)57-40)47(71-8-3)31-46(35)65-24-20-37(21-25-65)63-28-26-62(27-29-63)33-34-18-22-64(23-19-34)43-10-9-11-44-49(43)72-54(69)66(44)45-16-17-48(67)60-52(45)68/h9-15,30-32,34,37,45H,6-8,16-29,33H2,1-5H3,(H,60,67,68)(H2,56,58,59,61). The lowest BCUT2D eigenvalue weighted by Gasteiger charge is -2.44. The molecule has 0 spiro atoms. The molecule has 0 radical (unpaired) electrons. The van der Waals surface area contributed by atoms with Crippen molar-refractivity contribution in [2.75, 3.05) is 99.3 Å². The molecule has 19 heteroatoms. The largest absolute Gasteiger partial charge is 0.492 e. The van der Waals surface area contributed by atoms with Crippen molar-refractivity contribution in [2.45, 2.75) is 84.2 Å². The first-order valence-corrected chi connectivity index (χ1v) is 29.5. The van der Waals surface area contributed by atoms with Crippen molar-refractivity contribution in [1.29, 1.82) is 0 Å². The zero-order valence-electron chi connectivity index (χ0n) is 42.6. The van der Waals surface area contributed by atoms with Crippen LogP contribution in [0.25, 0.3) is 22.0 Å². The Morgan fingerprint density at radius 2 is 1.58 bits per heavy atom. The lowest BCUT2D eigenvalue weighted by atomic mass is 9.95. The van der Waals surface area contributed by atoms with Crippen molar-refractivity contribution in [3.05, 3.63) is 87.1 Å². The highest BCUT2D eigenvalue weighted by molar-refractivity contribution is 9.10. The molecule has 1 atom stereocenters. The molecule has 3 aromatic carbocycles. The predicted molar refractivity (Wildman–Crippen MR) is 294 cm³/mol. The van der Waals surface area contributed by atoms with Gasteiger partial charge in [-0.05, 0) is 129 Å². The summed E-state index contributed by atoms with van der Waals surface area (Å²) < 4.78 is 28.0. The Hall–Kier alpha value is -5.81. The number of piperidine rings is 3. The van der Waals surface area contributed by atoms with Crippen LogP contribution in [0.5, 0.6) is 5.75 Å². The quantitative estimate of drug-likeness (QED) is 0.0658. The number of para-hydroxylation sites is 1. The summed E-state index contributed by atoms with van der Waals surface area (Å²) in [6.07, 6.45) is 8.20. The molecule has 0 bridgehead atoms. The number of carbonyl (C=O) groups is 2. The van der Waals surface area contributed by atoms with Gasteiger partial charge in [-0.15, -0.1) is 0 Å². The van der Waals surface area contributed by atoms with E-state index in [9.17, 15) is 18.9 Å². The number of aryl methyl sites for hydroxylation is 2. The summed E-state index contributed by atoms with van der Waals surface area (Å²) in [5.74, 6) is 0.955. The van der Waals surface area contributed by atoms with Gasteiger partial charge in [0.1, 0.15) is 24.8 Å². The van der Waals surface area contributed by atoms with Gasteiger partial charge in [-0.1, -0.05) is 26.0 Å². The van der Waals surface area contributed by atoms with E-state index in [2.05, 4.69) is 82.4 Å². The Morgan fingerprint density at radius 3 is 2.29 bits per heavy atom. The molecule has 10 rings (SSSR count). The van der Waals surface area contributed by atoms with E-state index in [1.807, 2.05) is 49.4 Å². The summed E-state index contributed by atoms with van der Waals surface area (Å²) in [5, 5.41) is 10.9. The number of oxazole rings is 1. The number of fused-ring (bicyclic) bond motifs is 2. The summed E-state index contributed by atoms with van der Waals surface area (Å²) in [5.41, 5.74) is 7.76. The summed E-state index contributed by atoms with van der Waals surface area (Å²) in [6.45, 7) is 19.5. The van der Waals surface area contributed by atoms with Crippen molar-refractivity contribution in [1.82, 2.24) is 34.6 Å². The van der Waals surface area contributed by atoms with E-state index in [0.29, 0.717) is 45.9 Å². The number of halogens is 1. The monoisotopic (exact) mass is 1080 g/mol. The highest BCUT2D eigenvalue weighted by Gasteiger charge is 2.34. The lowest BCUT2D eigenvalue weighted by molar-refractivity contribution is -0.135. The molecule has 7 heterocycles. The van der Waals surface area contributed by atoms with Gasteiger partial charge in [-0.2, -0.15) is 4.98 Å². The Balaban J connectivity index is 0.734. The van der Waals surface area contributed by atoms with E-state index in [0.717, 1.165) is 142 Å². The minimum absolute atomic E-state index is 0.192. The number of anilines is 6. The number of rotatable bonds is 15. The average molecular weight is 1080 g/mol. The number of hydrogen-bond donors (Lipinski definition) is 3. The molecular weight excluding hydrogens is 1010 g/mol. The second-order valence-corrected chi connectivity index (χ2v) is 24.3. The topological polar surface area (TPSA) is 183 Å². The molecule has 73 heavy (non-hydrogen) atoms. The zero-order valence-corrected chi connectivity index (χ0v) is 45.1. The molecule has 0 saturated carbocycles. The van der Waals surface area contributed by atoms with Crippen LogP contribution in [0.1, 0.15) is 76.6 Å². The molecule has 3 N–H and O–H groups in total. The average Bonchev–Trinajstić information content (AvgIpc) is 3.73. The van der Waals surface area contributed by atoms with E-state index in [1.165, 1.54) is 15.8 Å². The molecule has 2 amide bonds. The maximum atomic E-state index is 13.8. The van der Waals surface area contributed by atoms with Crippen molar-refractivity contribution < 1.29 is 23.3 Å². The highest BCUT2D eigenvalue weighted by atomic mass is 79.9. The molecule has 4 fully saturated rings. The number of carbonyl (C=O) groups excluding carboxylic acids is 2. The number of benzene rings is 3. The highest BCUT2D eigenvalue weighted by Crippen LogP contribution is 2.43. The smallest absolute Gasteiger partial charge is 0.420 e. The van der Waals surface area contributed by atoms with Crippen LogP contribution in [-0.4, -0.2) is 126 Å². The Labute approximate surface area is 434 Å². The maximum absolute atomic E-state index is 13.8. The van der Waals surface area contributed by atoms with E-state index in [4.69, 9.17) is 19.1 Å². The van der Waals surface area contributed by atoms with Crippen LogP contribution in [0, 0.1) is 5.92 Å².